The van der Waals surface area contributed by atoms with Gasteiger partial charge in [0.2, 0.25) is 10.0 Å². The molecule has 2 aliphatic rings. The molecule has 0 radical (unpaired) electrons. The van der Waals surface area contributed by atoms with Gasteiger partial charge >= 0.3 is 0 Å². The van der Waals surface area contributed by atoms with Gasteiger partial charge < -0.3 is 5.11 Å². The molecule has 1 aromatic heterocycles. The van der Waals surface area contributed by atoms with Crippen LogP contribution in [0.25, 0.3) is 0 Å². The van der Waals surface area contributed by atoms with E-state index in [0.717, 1.165) is 25.7 Å². The van der Waals surface area contributed by atoms with Gasteiger partial charge in [0.15, 0.2) is 0 Å². The highest BCUT2D eigenvalue weighted by Crippen LogP contribution is 2.54. The lowest BCUT2D eigenvalue weighted by atomic mass is 9.56. The topological polar surface area (TPSA) is 70.5 Å². The molecule has 1 saturated heterocycles. The van der Waals surface area contributed by atoms with Crippen LogP contribution in [0.4, 0.5) is 0 Å². The summed E-state index contributed by atoms with van der Waals surface area (Å²) in [5.41, 5.74) is -0.436. The zero-order valence-corrected chi connectivity index (χ0v) is 13.5. The summed E-state index contributed by atoms with van der Waals surface area (Å²) in [5.74, 6) is 0. The van der Waals surface area contributed by atoms with Gasteiger partial charge in [-0.15, -0.1) is 0 Å². The van der Waals surface area contributed by atoms with Crippen molar-refractivity contribution in [2.24, 2.45) is 5.41 Å². The van der Waals surface area contributed by atoms with E-state index in [4.69, 9.17) is 11.6 Å². The molecule has 2 heterocycles. The average Bonchev–Trinajstić information content (AvgIpc) is 2.37. The highest BCUT2D eigenvalue weighted by Gasteiger charge is 2.52. The predicted octanol–water partition coefficient (Wildman–Crippen LogP) is 2.05. The zero-order chi connectivity index (χ0) is 15.3. The van der Waals surface area contributed by atoms with E-state index in [1.807, 2.05) is 6.92 Å². The van der Waals surface area contributed by atoms with E-state index in [1.165, 1.54) is 22.6 Å². The lowest BCUT2D eigenvalue weighted by Gasteiger charge is -2.55. The molecule has 0 atom stereocenters. The zero-order valence-electron chi connectivity index (χ0n) is 11.9. The van der Waals surface area contributed by atoms with Gasteiger partial charge in [0.1, 0.15) is 10.0 Å². The summed E-state index contributed by atoms with van der Waals surface area (Å²) in [5, 5.41) is 10.2. The third kappa shape index (κ3) is 2.82. The van der Waals surface area contributed by atoms with E-state index < -0.39 is 15.6 Å². The average molecular weight is 331 g/mol. The van der Waals surface area contributed by atoms with Crippen LogP contribution in [0.1, 0.15) is 32.6 Å². The maximum Gasteiger partial charge on any atom is 0.244 e. The molecule has 7 heteroatoms. The van der Waals surface area contributed by atoms with Crippen molar-refractivity contribution in [3.63, 3.8) is 0 Å². The fourth-order valence-electron chi connectivity index (χ4n) is 3.78. The Bertz CT molecular complexity index is 625. The number of halogens is 1. The minimum Gasteiger partial charge on any atom is -0.390 e. The lowest BCUT2D eigenvalue weighted by molar-refractivity contribution is -0.132. The molecule has 21 heavy (non-hydrogen) atoms. The predicted molar refractivity (Wildman–Crippen MR) is 79.5 cm³/mol. The molecule has 0 unspecified atom stereocenters. The summed E-state index contributed by atoms with van der Waals surface area (Å²) >= 11 is 5.69. The van der Waals surface area contributed by atoms with Crippen molar-refractivity contribution >= 4 is 21.6 Å². The van der Waals surface area contributed by atoms with E-state index >= 15 is 0 Å². The Labute approximate surface area is 130 Å². The Hall–Kier alpha value is -0.690. The number of aliphatic hydroxyl groups is 1. The van der Waals surface area contributed by atoms with Gasteiger partial charge in [-0.1, -0.05) is 11.6 Å². The number of sulfonamides is 1. The summed E-state index contributed by atoms with van der Waals surface area (Å²) < 4.78 is 26.6. The molecule has 3 rings (SSSR count). The molecule has 1 aliphatic carbocycles. The van der Waals surface area contributed by atoms with Crippen LogP contribution in [0.5, 0.6) is 0 Å². The SMILES string of the molecule is CC1(O)CC2(CCN(S(=O)(=O)c3ccc(Cl)nc3)CC2)C1. The molecule has 1 N–H and O–H groups in total. The first-order valence-electron chi connectivity index (χ1n) is 7.07. The van der Waals surface area contributed by atoms with E-state index in [-0.39, 0.29) is 15.5 Å². The Morgan fingerprint density at radius 1 is 1.29 bits per heavy atom. The first-order chi connectivity index (χ1) is 9.73. The molecule has 5 nitrogen and oxygen atoms in total. The van der Waals surface area contributed by atoms with Crippen molar-refractivity contribution < 1.29 is 13.5 Å². The van der Waals surface area contributed by atoms with E-state index in [0.29, 0.717) is 13.1 Å². The highest BCUT2D eigenvalue weighted by atomic mass is 35.5. The number of piperidine rings is 1. The lowest BCUT2D eigenvalue weighted by Crippen LogP contribution is -2.55. The summed E-state index contributed by atoms with van der Waals surface area (Å²) in [6.07, 6.45) is 4.47. The van der Waals surface area contributed by atoms with E-state index in [1.54, 1.807) is 0 Å². The van der Waals surface area contributed by atoms with Crippen LogP contribution in [0, 0.1) is 5.41 Å². The minimum atomic E-state index is -3.49. The van der Waals surface area contributed by atoms with Crippen molar-refractivity contribution in [3.8, 4) is 0 Å². The second kappa shape index (κ2) is 4.91. The third-order valence-corrected chi connectivity index (χ3v) is 6.74. The molecule has 1 spiro atoms. The number of nitrogens with zero attached hydrogens (tertiary/aromatic N) is 2. The summed E-state index contributed by atoms with van der Waals surface area (Å²) in [6, 6.07) is 2.98. The highest BCUT2D eigenvalue weighted by molar-refractivity contribution is 7.89. The number of rotatable bonds is 2. The molecule has 2 fully saturated rings. The van der Waals surface area contributed by atoms with Gasteiger partial charge in [-0.25, -0.2) is 13.4 Å². The van der Waals surface area contributed by atoms with Crippen LogP contribution >= 0.6 is 11.6 Å². The largest absolute Gasteiger partial charge is 0.390 e. The summed E-state index contributed by atoms with van der Waals surface area (Å²) in [6.45, 7) is 2.85. The maximum atomic E-state index is 12.5. The standard InChI is InChI=1S/C14H19ClN2O3S/c1-13(18)9-14(10-13)4-6-17(7-5-14)21(19,20)11-2-3-12(15)16-8-11/h2-3,8,18H,4-7,9-10H2,1H3. The monoisotopic (exact) mass is 330 g/mol. The Balaban J connectivity index is 1.70. The molecule has 1 aromatic rings. The first kappa shape index (κ1) is 15.2. The van der Waals surface area contributed by atoms with Crippen molar-refractivity contribution in [2.75, 3.05) is 13.1 Å². The van der Waals surface area contributed by atoms with Gasteiger partial charge in [-0.3, -0.25) is 0 Å². The minimum absolute atomic E-state index is 0.133. The van der Waals surface area contributed by atoms with Crippen LogP contribution in [0.3, 0.4) is 0 Å². The van der Waals surface area contributed by atoms with Crippen molar-refractivity contribution in [1.82, 2.24) is 9.29 Å². The molecule has 1 aliphatic heterocycles. The molecule has 0 bridgehead atoms. The molecule has 0 aromatic carbocycles. The van der Waals surface area contributed by atoms with Gasteiger partial charge in [-0.2, -0.15) is 4.31 Å². The smallest absolute Gasteiger partial charge is 0.244 e. The third-order valence-electron chi connectivity index (χ3n) is 4.63. The van der Waals surface area contributed by atoms with Crippen LogP contribution in [-0.4, -0.2) is 41.5 Å². The van der Waals surface area contributed by atoms with Crippen LogP contribution in [0.15, 0.2) is 23.2 Å². The molecule has 0 amide bonds. The Morgan fingerprint density at radius 2 is 1.90 bits per heavy atom. The first-order valence-corrected chi connectivity index (χ1v) is 8.89. The molecular weight excluding hydrogens is 312 g/mol. The number of pyridine rings is 1. The van der Waals surface area contributed by atoms with E-state index in [9.17, 15) is 13.5 Å². The molecule has 1 saturated carbocycles. The van der Waals surface area contributed by atoms with Crippen molar-refractivity contribution in [1.29, 1.82) is 0 Å². The number of hydrogen-bond donors (Lipinski definition) is 1. The normalized spacial score (nSPS) is 24.7. The number of aromatic nitrogens is 1. The van der Waals surface area contributed by atoms with Crippen LogP contribution in [-0.2, 0) is 10.0 Å². The Kier molecular flexibility index (Phi) is 3.56. The maximum absolute atomic E-state index is 12.5. The fraction of sp³-hybridized carbons (Fsp3) is 0.643. The quantitative estimate of drug-likeness (QED) is 0.842. The Morgan fingerprint density at radius 3 is 2.38 bits per heavy atom. The van der Waals surface area contributed by atoms with Crippen molar-refractivity contribution in [2.45, 2.75) is 43.1 Å². The van der Waals surface area contributed by atoms with Crippen LogP contribution in [0.2, 0.25) is 5.15 Å². The van der Waals surface area contributed by atoms with Crippen LogP contribution < -0.4 is 0 Å². The fourth-order valence-corrected chi connectivity index (χ4v) is 5.28. The summed E-state index contributed by atoms with van der Waals surface area (Å²) in [4.78, 5) is 4.03. The number of hydrogen-bond acceptors (Lipinski definition) is 4. The second-order valence-corrected chi connectivity index (χ2v) is 8.90. The molecule has 116 valence electrons. The van der Waals surface area contributed by atoms with Crippen molar-refractivity contribution in [3.05, 3.63) is 23.5 Å². The summed E-state index contributed by atoms with van der Waals surface area (Å²) in [7, 11) is -3.49. The van der Waals surface area contributed by atoms with Gasteiger partial charge in [0.25, 0.3) is 0 Å². The second-order valence-electron chi connectivity index (χ2n) is 6.57. The van der Waals surface area contributed by atoms with Gasteiger partial charge in [0, 0.05) is 19.3 Å². The van der Waals surface area contributed by atoms with Gasteiger partial charge in [-0.05, 0) is 50.2 Å². The molecular formula is C14H19ClN2O3S. The van der Waals surface area contributed by atoms with Gasteiger partial charge in [0.05, 0.1) is 5.60 Å². The van der Waals surface area contributed by atoms with E-state index in [2.05, 4.69) is 4.98 Å².